The average molecular weight is 306 g/mol. The van der Waals surface area contributed by atoms with E-state index in [0.717, 1.165) is 17.0 Å². The molecule has 0 fully saturated rings. The van der Waals surface area contributed by atoms with Gasteiger partial charge in [-0.3, -0.25) is 0 Å². The molecule has 1 unspecified atom stereocenters. The molecule has 1 aromatic carbocycles. The summed E-state index contributed by atoms with van der Waals surface area (Å²) >= 11 is 7.17. The van der Waals surface area contributed by atoms with Crippen LogP contribution in [0.4, 0.5) is 13.2 Å². The fraction of sp³-hybridized carbons (Fsp3) is 0.231. The Morgan fingerprint density at radius 3 is 2.32 bits per heavy atom. The first-order chi connectivity index (χ1) is 9.02. The number of hydrogen-bond donors (Lipinski definition) is 1. The smallest absolute Gasteiger partial charge is 0.194 e. The number of halogens is 4. The molecule has 0 radical (unpaired) electrons. The van der Waals surface area contributed by atoms with E-state index in [-0.39, 0.29) is 0 Å². The van der Waals surface area contributed by atoms with Crippen molar-refractivity contribution in [2.24, 2.45) is 0 Å². The zero-order chi connectivity index (χ0) is 14.0. The van der Waals surface area contributed by atoms with Gasteiger partial charge in [-0.2, -0.15) is 0 Å². The van der Waals surface area contributed by atoms with Crippen LogP contribution in [-0.4, -0.2) is 6.54 Å². The van der Waals surface area contributed by atoms with Gasteiger partial charge >= 0.3 is 0 Å². The third kappa shape index (κ3) is 3.11. The molecule has 102 valence electrons. The lowest BCUT2D eigenvalue weighted by Gasteiger charge is -2.17. The third-order valence-electron chi connectivity index (χ3n) is 2.63. The van der Waals surface area contributed by atoms with Crippen molar-refractivity contribution in [1.82, 2.24) is 5.32 Å². The quantitative estimate of drug-likeness (QED) is 0.819. The number of rotatable bonds is 4. The van der Waals surface area contributed by atoms with Crippen molar-refractivity contribution < 1.29 is 13.2 Å². The molecule has 1 atom stereocenters. The van der Waals surface area contributed by atoms with Gasteiger partial charge in [0.05, 0.1) is 10.4 Å². The molecule has 1 nitrogen and oxygen atoms in total. The first kappa shape index (κ1) is 14.4. The van der Waals surface area contributed by atoms with Crippen LogP contribution >= 0.6 is 22.9 Å². The van der Waals surface area contributed by atoms with E-state index < -0.39 is 23.5 Å². The van der Waals surface area contributed by atoms with Gasteiger partial charge in [-0.25, -0.2) is 13.2 Å². The first-order valence-corrected chi connectivity index (χ1v) is 6.85. The monoisotopic (exact) mass is 305 g/mol. The maximum atomic E-state index is 13.3. The van der Waals surface area contributed by atoms with E-state index in [1.165, 1.54) is 11.3 Å². The summed E-state index contributed by atoms with van der Waals surface area (Å²) in [5, 5.41) is 3.10. The van der Waals surface area contributed by atoms with Gasteiger partial charge in [-0.05, 0) is 36.4 Å². The van der Waals surface area contributed by atoms with Crippen LogP contribution in [0.3, 0.4) is 0 Å². The van der Waals surface area contributed by atoms with Crippen molar-refractivity contribution in [1.29, 1.82) is 0 Å². The second kappa shape index (κ2) is 5.94. The first-order valence-electron chi connectivity index (χ1n) is 5.66. The van der Waals surface area contributed by atoms with Crippen molar-refractivity contribution in [3.8, 4) is 0 Å². The fourth-order valence-corrected chi connectivity index (χ4v) is 2.98. The Bertz CT molecular complexity index is 562. The van der Waals surface area contributed by atoms with Gasteiger partial charge in [-0.15, -0.1) is 11.3 Å². The lowest BCUT2D eigenvalue weighted by Crippen LogP contribution is -2.21. The van der Waals surface area contributed by atoms with E-state index in [9.17, 15) is 13.2 Å². The molecule has 2 aromatic rings. The summed E-state index contributed by atoms with van der Waals surface area (Å²) in [7, 11) is 0. The molecule has 0 spiro atoms. The topological polar surface area (TPSA) is 12.0 Å². The minimum atomic E-state index is -1.46. The van der Waals surface area contributed by atoms with E-state index in [2.05, 4.69) is 5.32 Å². The number of benzene rings is 1. The number of thiophene rings is 1. The Morgan fingerprint density at radius 2 is 1.84 bits per heavy atom. The van der Waals surface area contributed by atoms with Gasteiger partial charge in [0.15, 0.2) is 17.5 Å². The van der Waals surface area contributed by atoms with E-state index in [4.69, 9.17) is 11.6 Å². The van der Waals surface area contributed by atoms with Gasteiger partial charge in [-0.1, -0.05) is 18.5 Å². The highest BCUT2D eigenvalue weighted by Gasteiger charge is 2.19. The van der Waals surface area contributed by atoms with Crippen molar-refractivity contribution >= 4 is 22.9 Å². The maximum absolute atomic E-state index is 13.3. The van der Waals surface area contributed by atoms with E-state index >= 15 is 0 Å². The highest BCUT2D eigenvalue weighted by molar-refractivity contribution is 7.16. The molecule has 1 N–H and O–H groups in total. The van der Waals surface area contributed by atoms with E-state index in [0.29, 0.717) is 16.4 Å². The summed E-state index contributed by atoms with van der Waals surface area (Å²) in [6.45, 7) is 2.47. The van der Waals surface area contributed by atoms with Crippen LogP contribution < -0.4 is 5.32 Å². The van der Waals surface area contributed by atoms with Gasteiger partial charge < -0.3 is 5.32 Å². The molecule has 0 saturated carbocycles. The molecule has 1 heterocycles. The molecular formula is C13H11ClF3NS. The summed E-state index contributed by atoms with van der Waals surface area (Å²) in [5.74, 6) is -3.84. The molecule has 19 heavy (non-hydrogen) atoms. The molecule has 0 aliphatic heterocycles. The number of nitrogens with one attached hydrogen (secondary N) is 1. The summed E-state index contributed by atoms with van der Waals surface area (Å²) in [4.78, 5) is 0.817. The van der Waals surface area contributed by atoms with Crippen LogP contribution in [0.15, 0.2) is 24.3 Å². The molecule has 0 aliphatic carbocycles. The Morgan fingerprint density at radius 1 is 1.21 bits per heavy atom. The van der Waals surface area contributed by atoms with Crippen molar-refractivity contribution in [3.05, 3.63) is 56.5 Å². The SMILES string of the molecule is CCNC(c1cc(F)c(F)c(F)c1)c1ccc(Cl)s1. The highest BCUT2D eigenvalue weighted by Crippen LogP contribution is 2.32. The van der Waals surface area contributed by atoms with E-state index in [1.807, 2.05) is 6.92 Å². The normalized spacial score (nSPS) is 12.7. The van der Waals surface area contributed by atoms with E-state index in [1.54, 1.807) is 12.1 Å². The zero-order valence-electron chi connectivity index (χ0n) is 10.0. The van der Waals surface area contributed by atoms with Crippen LogP contribution in [0.5, 0.6) is 0 Å². The summed E-state index contributed by atoms with van der Waals surface area (Å²) in [5.41, 5.74) is 0.330. The average Bonchev–Trinajstić information content (AvgIpc) is 2.79. The molecular weight excluding hydrogens is 295 g/mol. The largest absolute Gasteiger partial charge is 0.306 e. The van der Waals surface area contributed by atoms with Crippen LogP contribution in [0, 0.1) is 17.5 Å². The lowest BCUT2D eigenvalue weighted by molar-refractivity contribution is 0.443. The molecule has 6 heteroatoms. The predicted molar refractivity (Wildman–Crippen MR) is 71.2 cm³/mol. The van der Waals surface area contributed by atoms with Crippen molar-refractivity contribution in [3.63, 3.8) is 0 Å². The van der Waals surface area contributed by atoms with Crippen molar-refractivity contribution in [2.75, 3.05) is 6.54 Å². The summed E-state index contributed by atoms with van der Waals surface area (Å²) in [6.07, 6.45) is 0. The molecule has 1 aromatic heterocycles. The van der Waals surface area contributed by atoms with Gasteiger partial charge in [0, 0.05) is 4.88 Å². The van der Waals surface area contributed by atoms with Gasteiger partial charge in [0.1, 0.15) is 0 Å². The number of hydrogen-bond acceptors (Lipinski definition) is 2. The second-order valence-corrected chi connectivity index (χ2v) is 5.68. The molecule has 0 saturated heterocycles. The lowest BCUT2D eigenvalue weighted by atomic mass is 10.0. The molecule has 2 rings (SSSR count). The van der Waals surface area contributed by atoms with Crippen LogP contribution in [0.1, 0.15) is 23.4 Å². The zero-order valence-corrected chi connectivity index (χ0v) is 11.6. The highest BCUT2D eigenvalue weighted by atomic mass is 35.5. The third-order valence-corrected chi connectivity index (χ3v) is 3.92. The second-order valence-electron chi connectivity index (χ2n) is 3.93. The van der Waals surface area contributed by atoms with Crippen molar-refractivity contribution in [2.45, 2.75) is 13.0 Å². The Kier molecular flexibility index (Phi) is 4.50. The fourth-order valence-electron chi connectivity index (χ4n) is 1.81. The van der Waals surface area contributed by atoms with Crippen LogP contribution in [-0.2, 0) is 0 Å². The summed E-state index contributed by atoms with van der Waals surface area (Å²) in [6, 6.07) is 5.08. The molecule has 0 bridgehead atoms. The van der Waals surface area contributed by atoms with Gasteiger partial charge in [0.25, 0.3) is 0 Å². The van der Waals surface area contributed by atoms with Gasteiger partial charge in [0.2, 0.25) is 0 Å². The Balaban J connectivity index is 2.44. The van der Waals surface area contributed by atoms with Crippen LogP contribution in [0.2, 0.25) is 4.34 Å². The molecule has 0 amide bonds. The van der Waals surface area contributed by atoms with Crippen LogP contribution in [0.25, 0.3) is 0 Å². The predicted octanol–water partition coefficient (Wildman–Crippen LogP) is 4.52. The Hall–Kier alpha value is -1.04. The minimum Gasteiger partial charge on any atom is -0.306 e. The molecule has 0 aliphatic rings. The minimum absolute atomic E-state index is 0.330. The Labute approximate surface area is 118 Å². The standard InChI is InChI=1S/C13H11ClF3NS/c1-2-18-13(10-3-4-11(14)19-10)7-5-8(15)12(17)9(16)6-7/h3-6,13,18H,2H2,1H3. The summed E-state index contributed by atoms with van der Waals surface area (Å²) < 4.78 is 40.2. The maximum Gasteiger partial charge on any atom is 0.194 e.